The molecule has 196 valence electrons. The van der Waals surface area contributed by atoms with Crippen molar-refractivity contribution < 1.29 is 23.0 Å². The first-order chi connectivity index (χ1) is 18.1. The van der Waals surface area contributed by atoms with E-state index in [0.717, 1.165) is 19.3 Å². The number of hydrogen-bond donors (Lipinski definition) is 1. The van der Waals surface area contributed by atoms with Crippen LogP contribution in [0, 0.1) is 0 Å². The number of fused-ring (bicyclic) bond motifs is 1. The van der Waals surface area contributed by atoms with Crippen molar-refractivity contribution in [2.45, 2.75) is 37.8 Å². The monoisotopic (exact) mass is 513 g/mol. The van der Waals surface area contributed by atoms with Gasteiger partial charge in [-0.1, -0.05) is 12.1 Å². The highest BCUT2D eigenvalue weighted by atomic mass is 19.3. The molecule has 2 aromatic heterocycles. The van der Waals surface area contributed by atoms with Crippen LogP contribution in [0.1, 0.15) is 31.5 Å². The van der Waals surface area contributed by atoms with Crippen LogP contribution in [0.4, 0.5) is 20.5 Å². The number of anilines is 2. The summed E-state index contributed by atoms with van der Waals surface area (Å²) < 4.78 is 40.6. The number of aromatic nitrogens is 4. The molecular formula is C25H29F2N7O3. The van der Waals surface area contributed by atoms with Crippen LogP contribution < -0.4 is 10.2 Å². The predicted octanol–water partition coefficient (Wildman–Crippen LogP) is 2.78. The maximum Gasteiger partial charge on any atom is 0.296 e. The first kappa shape index (κ1) is 24.0. The van der Waals surface area contributed by atoms with E-state index in [1.54, 1.807) is 30.3 Å². The molecule has 0 spiro atoms. The van der Waals surface area contributed by atoms with Gasteiger partial charge in [-0.25, -0.2) is 13.8 Å². The molecule has 1 amide bonds. The minimum Gasteiger partial charge on any atom is -0.378 e. The predicted molar refractivity (Wildman–Crippen MR) is 132 cm³/mol. The second-order valence-corrected chi connectivity index (χ2v) is 9.52. The van der Waals surface area contributed by atoms with Gasteiger partial charge >= 0.3 is 0 Å². The number of rotatable bonds is 6. The van der Waals surface area contributed by atoms with Gasteiger partial charge in [0.05, 0.1) is 24.2 Å². The van der Waals surface area contributed by atoms with Crippen LogP contribution >= 0.6 is 0 Å². The number of alkyl halides is 2. The van der Waals surface area contributed by atoms with Gasteiger partial charge in [-0.2, -0.15) is 9.97 Å². The number of hydrogen-bond acceptors (Lipinski definition) is 8. The van der Waals surface area contributed by atoms with Crippen molar-refractivity contribution in [1.29, 1.82) is 0 Å². The molecule has 3 aromatic rings. The molecule has 0 bridgehead atoms. The number of nitrogens with one attached hydrogen (secondary N) is 1. The molecule has 3 saturated heterocycles. The number of halogens is 2. The molecule has 0 saturated carbocycles. The van der Waals surface area contributed by atoms with Gasteiger partial charge in [-0.15, -0.1) is 0 Å². The molecule has 12 heteroatoms. The zero-order chi connectivity index (χ0) is 25.4. The Morgan fingerprint density at radius 2 is 1.89 bits per heavy atom. The third kappa shape index (κ3) is 4.82. The molecule has 1 aromatic carbocycles. The van der Waals surface area contributed by atoms with E-state index in [-0.39, 0.29) is 23.9 Å². The lowest BCUT2D eigenvalue weighted by Gasteiger charge is -2.28. The van der Waals surface area contributed by atoms with Crippen molar-refractivity contribution in [2.75, 3.05) is 56.2 Å². The number of morpholine rings is 1. The SMILES string of the molecule is O=C([C@@H]1CCCO1)N1CCC(Nc2cc(-n3c(C(F)F)nc4ccccc43)nc(N3CCOCC3)n2)C1. The van der Waals surface area contributed by atoms with Crippen molar-refractivity contribution in [3.8, 4) is 5.82 Å². The molecule has 0 radical (unpaired) electrons. The fourth-order valence-electron chi connectivity index (χ4n) is 5.21. The Hall–Kier alpha value is -3.38. The summed E-state index contributed by atoms with van der Waals surface area (Å²) in [5, 5.41) is 3.43. The molecule has 3 aliphatic rings. The highest BCUT2D eigenvalue weighted by molar-refractivity contribution is 5.81. The van der Waals surface area contributed by atoms with E-state index in [1.807, 2.05) is 9.80 Å². The Labute approximate surface area is 212 Å². The first-order valence-corrected chi connectivity index (χ1v) is 12.7. The van der Waals surface area contributed by atoms with Crippen LogP contribution in [0.3, 0.4) is 0 Å². The van der Waals surface area contributed by atoms with Crippen molar-refractivity contribution in [3.05, 3.63) is 36.2 Å². The van der Waals surface area contributed by atoms with E-state index >= 15 is 0 Å². The Bertz CT molecular complexity index is 1270. The molecule has 3 fully saturated rings. The quantitative estimate of drug-likeness (QED) is 0.538. The summed E-state index contributed by atoms with van der Waals surface area (Å²) in [4.78, 5) is 30.2. The lowest BCUT2D eigenvalue weighted by molar-refractivity contribution is -0.139. The number of para-hydroxylation sites is 2. The van der Waals surface area contributed by atoms with Crippen LogP contribution in [0.25, 0.3) is 16.9 Å². The topological polar surface area (TPSA) is 97.6 Å². The van der Waals surface area contributed by atoms with E-state index in [0.29, 0.717) is 74.6 Å². The van der Waals surface area contributed by atoms with Gasteiger partial charge in [0.15, 0.2) is 5.82 Å². The maximum absolute atomic E-state index is 14.1. The summed E-state index contributed by atoms with van der Waals surface area (Å²) in [5.74, 6) is 0.930. The third-order valence-electron chi connectivity index (χ3n) is 7.06. The summed E-state index contributed by atoms with van der Waals surface area (Å²) in [7, 11) is 0. The maximum atomic E-state index is 14.1. The van der Waals surface area contributed by atoms with Crippen LogP contribution in [0.15, 0.2) is 30.3 Å². The summed E-state index contributed by atoms with van der Waals surface area (Å²) in [5.41, 5.74) is 1.02. The number of amides is 1. The average Bonchev–Trinajstić information content (AvgIpc) is 3.69. The summed E-state index contributed by atoms with van der Waals surface area (Å²) in [6.07, 6.45) is -0.709. The Morgan fingerprint density at radius 1 is 1.05 bits per heavy atom. The Morgan fingerprint density at radius 3 is 2.68 bits per heavy atom. The van der Waals surface area contributed by atoms with E-state index in [9.17, 15) is 13.6 Å². The molecule has 37 heavy (non-hydrogen) atoms. The van der Waals surface area contributed by atoms with Gasteiger partial charge in [0.25, 0.3) is 12.3 Å². The number of benzene rings is 1. The molecular weight excluding hydrogens is 484 g/mol. The number of likely N-dealkylation sites (tertiary alicyclic amines) is 1. The Balaban J connectivity index is 1.33. The average molecular weight is 514 g/mol. The summed E-state index contributed by atoms with van der Waals surface area (Å²) in [6, 6.07) is 8.67. The first-order valence-electron chi connectivity index (χ1n) is 12.7. The smallest absolute Gasteiger partial charge is 0.296 e. The lowest BCUT2D eigenvalue weighted by Crippen LogP contribution is -2.39. The van der Waals surface area contributed by atoms with Gasteiger partial charge in [0, 0.05) is 44.9 Å². The number of carbonyl (C=O) groups excluding carboxylic acids is 1. The molecule has 5 heterocycles. The lowest BCUT2D eigenvalue weighted by atomic mass is 10.2. The number of nitrogens with zero attached hydrogens (tertiary/aromatic N) is 6. The van der Waals surface area contributed by atoms with Gasteiger partial charge in [-0.05, 0) is 31.4 Å². The van der Waals surface area contributed by atoms with Crippen molar-refractivity contribution in [1.82, 2.24) is 24.4 Å². The number of ether oxygens (including phenoxy) is 2. The third-order valence-corrected chi connectivity index (χ3v) is 7.06. The molecule has 3 aliphatic heterocycles. The zero-order valence-corrected chi connectivity index (χ0v) is 20.4. The van der Waals surface area contributed by atoms with E-state index in [4.69, 9.17) is 19.4 Å². The molecule has 1 unspecified atom stereocenters. The van der Waals surface area contributed by atoms with Crippen LogP contribution in [0.5, 0.6) is 0 Å². The normalized spacial score (nSPS) is 22.4. The Kier molecular flexibility index (Phi) is 6.59. The fourth-order valence-corrected chi connectivity index (χ4v) is 5.21. The van der Waals surface area contributed by atoms with Gasteiger partial charge in [0.2, 0.25) is 5.95 Å². The van der Waals surface area contributed by atoms with Crippen molar-refractivity contribution in [2.24, 2.45) is 0 Å². The molecule has 1 N–H and O–H groups in total. The number of imidazole rings is 1. The van der Waals surface area contributed by atoms with Gasteiger partial charge < -0.3 is 24.6 Å². The summed E-state index contributed by atoms with van der Waals surface area (Å²) in [6.45, 7) is 4.06. The van der Waals surface area contributed by atoms with Crippen molar-refractivity contribution >= 4 is 28.7 Å². The second kappa shape index (κ2) is 10.2. The second-order valence-electron chi connectivity index (χ2n) is 9.52. The van der Waals surface area contributed by atoms with E-state index in [2.05, 4.69) is 10.3 Å². The minimum absolute atomic E-state index is 0.0280. The summed E-state index contributed by atoms with van der Waals surface area (Å²) >= 11 is 0. The fraction of sp³-hybridized carbons (Fsp3) is 0.520. The van der Waals surface area contributed by atoms with E-state index < -0.39 is 6.43 Å². The van der Waals surface area contributed by atoms with Gasteiger partial charge in [0.1, 0.15) is 17.7 Å². The van der Waals surface area contributed by atoms with Gasteiger partial charge in [-0.3, -0.25) is 9.36 Å². The van der Waals surface area contributed by atoms with E-state index in [1.165, 1.54) is 4.57 Å². The largest absolute Gasteiger partial charge is 0.378 e. The number of carbonyl (C=O) groups is 1. The van der Waals surface area contributed by atoms with Crippen LogP contribution in [-0.4, -0.2) is 88.5 Å². The molecule has 2 atom stereocenters. The highest BCUT2D eigenvalue weighted by Crippen LogP contribution is 2.29. The zero-order valence-electron chi connectivity index (χ0n) is 20.4. The molecule has 0 aliphatic carbocycles. The van der Waals surface area contributed by atoms with Crippen LogP contribution in [0.2, 0.25) is 0 Å². The standard InChI is InChI=1S/C25H29F2N7O3/c26-22(27)23-29-17-4-1-2-5-18(17)34(23)21-14-20(30-25(31-21)32-9-12-36-13-10-32)28-16-7-8-33(15-16)24(35)19-6-3-11-37-19/h1-2,4-5,14,16,19,22H,3,6-13,15H2,(H,28,30,31)/t16?,19-/m0/s1. The minimum atomic E-state index is -2.78. The van der Waals surface area contributed by atoms with Crippen molar-refractivity contribution in [3.63, 3.8) is 0 Å². The van der Waals surface area contributed by atoms with Crippen LogP contribution in [-0.2, 0) is 14.3 Å². The highest BCUT2D eigenvalue weighted by Gasteiger charge is 2.33. The molecule has 10 nitrogen and oxygen atoms in total. The molecule has 6 rings (SSSR count).